The molecule has 4 aromatic rings. The van der Waals surface area contributed by atoms with Crippen molar-refractivity contribution < 1.29 is 27.2 Å². The van der Waals surface area contributed by atoms with Crippen molar-refractivity contribution in [1.82, 2.24) is 15.1 Å². The fraction of sp³-hybridized carbons (Fsp3) is 0.0909. The summed E-state index contributed by atoms with van der Waals surface area (Å²) in [6.45, 7) is 0. The number of hydrogen-bond donors (Lipinski definition) is 1. The summed E-state index contributed by atoms with van der Waals surface area (Å²) < 4.78 is 46.0. The fourth-order valence-electron chi connectivity index (χ4n) is 2.91. The molecule has 162 valence electrons. The average molecular weight is 440 g/mol. The van der Waals surface area contributed by atoms with Crippen LogP contribution in [0.2, 0.25) is 0 Å². The lowest BCUT2D eigenvalue weighted by Crippen LogP contribution is -2.17. The number of pyridine rings is 1. The molecule has 2 aromatic heterocycles. The van der Waals surface area contributed by atoms with Gasteiger partial charge in [0.05, 0.1) is 6.42 Å². The summed E-state index contributed by atoms with van der Waals surface area (Å²) in [5, 5.41) is 6.71. The Kier molecular flexibility index (Phi) is 5.84. The van der Waals surface area contributed by atoms with Crippen molar-refractivity contribution in [2.75, 3.05) is 5.32 Å². The van der Waals surface area contributed by atoms with Crippen LogP contribution >= 0.6 is 0 Å². The second kappa shape index (κ2) is 8.88. The summed E-state index contributed by atoms with van der Waals surface area (Å²) in [6.07, 6.45) is -1.28. The number of aromatic nitrogens is 3. The molecule has 1 N–H and O–H groups in total. The molecule has 0 aliphatic rings. The van der Waals surface area contributed by atoms with Crippen molar-refractivity contribution >= 4 is 11.6 Å². The van der Waals surface area contributed by atoms with Crippen LogP contribution in [0.4, 0.5) is 18.9 Å². The number of carbonyl (C=O) groups excluding carboxylic acids is 1. The summed E-state index contributed by atoms with van der Waals surface area (Å²) >= 11 is 0. The Labute approximate surface area is 179 Å². The molecule has 4 rings (SSSR count). The van der Waals surface area contributed by atoms with Crippen LogP contribution in [-0.4, -0.2) is 27.4 Å². The van der Waals surface area contributed by atoms with E-state index in [1.807, 2.05) is 0 Å². The fourth-order valence-corrected chi connectivity index (χ4v) is 2.91. The molecule has 0 bridgehead atoms. The van der Waals surface area contributed by atoms with Gasteiger partial charge < -0.3 is 14.6 Å². The highest BCUT2D eigenvalue weighted by Gasteiger charge is 2.31. The maximum atomic E-state index is 12.6. The highest BCUT2D eigenvalue weighted by atomic mass is 19.4. The first kappa shape index (κ1) is 21.0. The predicted octanol–water partition coefficient (Wildman–Crippen LogP) is 4.87. The van der Waals surface area contributed by atoms with Gasteiger partial charge >= 0.3 is 6.36 Å². The summed E-state index contributed by atoms with van der Waals surface area (Å²) in [5.41, 5.74) is 2.17. The third kappa shape index (κ3) is 5.28. The first-order valence-electron chi connectivity index (χ1n) is 9.35. The van der Waals surface area contributed by atoms with Crippen LogP contribution in [0.3, 0.4) is 0 Å². The van der Waals surface area contributed by atoms with Gasteiger partial charge in [-0.05, 0) is 48.0 Å². The molecule has 0 unspecified atom stereocenters. The van der Waals surface area contributed by atoms with Gasteiger partial charge in [-0.2, -0.15) is 4.98 Å². The molecule has 2 aromatic carbocycles. The number of halogens is 3. The van der Waals surface area contributed by atoms with E-state index < -0.39 is 18.0 Å². The molecule has 7 nitrogen and oxygen atoms in total. The van der Waals surface area contributed by atoms with Crippen molar-refractivity contribution in [3.05, 3.63) is 90.1 Å². The van der Waals surface area contributed by atoms with E-state index in [9.17, 15) is 18.0 Å². The van der Waals surface area contributed by atoms with Crippen LogP contribution in [0, 0.1) is 0 Å². The van der Waals surface area contributed by atoms with Gasteiger partial charge in [-0.25, -0.2) is 0 Å². The normalized spacial score (nSPS) is 11.2. The van der Waals surface area contributed by atoms with E-state index in [0.717, 1.165) is 23.3 Å². The molecular formula is C22H15F3N4O3. The number of carbonyl (C=O) groups is 1. The number of benzene rings is 2. The van der Waals surface area contributed by atoms with Gasteiger partial charge in [0.15, 0.2) is 0 Å². The number of para-hydroxylation sites is 1. The molecule has 0 saturated carbocycles. The Balaban J connectivity index is 1.47. The summed E-state index contributed by atoms with van der Waals surface area (Å²) in [6, 6.07) is 15.2. The van der Waals surface area contributed by atoms with Gasteiger partial charge in [0.25, 0.3) is 5.91 Å². The zero-order valence-electron chi connectivity index (χ0n) is 16.3. The maximum Gasteiger partial charge on any atom is 0.573 e. The zero-order chi connectivity index (χ0) is 22.6. The third-order valence-electron chi connectivity index (χ3n) is 4.36. The first-order valence-corrected chi connectivity index (χ1v) is 9.35. The monoisotopic (exact) mass is 440 g/mol. The Bertz CT molecular complexity index is 1210. The van der Waals surface area contributed by atoms with Crippen molar-refractivity contribution in [2.24, 2.45) is 0 Å². The molecule has 0 spiro atoms. The van der Waals surface area contributed by atoms with E-state index in [0.29, 0.717) is 17.4 Å². The molecule has 0 aliphatic heterocycles. The van der Waals surface area contributed by atoms with E-state index in [-0.39, 0.29) is 12.0 Å². The second-order valence-electron chi connectivity index (χ2n) is 6.61. The van der Waals surface area contributed by atoms with Crippen LogP contribution in [0.5, 0.6) is 5.75 Å². The van der Waals surface area contributed by atoms with E-state index >= 15 is 0 Å². The Morgan fingerprint density at radius 1 is 1.00 bits per heavy atom. The minimum atomic E-state index is -4.80. The van der Waals surface area contributed by atoms with Crippen LogP contribution < -0.4 is 10.1 Å². The highest BCUT2D eigenvalue weighted by Crippen LogP contribution is 2.24. The number of rotatable bonds is 6. The molecule has 0 saturated heterocycles. The molecular weight excluding hydrogens is 425 g/mol. The quantitative estimate of drug-likeness (QED) is 0.460. The number of hydrogen-bond acceptors (Lipinski definition) is 6. The molecule has 0 aliphatic carbocycles. The Hall–Kier alpha value is -4.21. The number of anilines is 1. The van der Waals surface area contributed by atoms with Gasteiger partial charge in [-0.3, -0.25) is 9.78 Å². The topological polar surface area (TPSA) is 90.1 Å². The molecule has 0 fully saturated rings. The standard InChI is InChI=1S/C22H15F3N4O3/c23-22(24,25)31-17-7-5-15(6-8-17)21(30)27-18-4-2-1-3-16(18)13-19-28-20(29-32-19)14-9-11-26-12-10-14/h1-12H,13H2,(H,27,30). The average Bonchev–Trinajstić information content (AvgIpc) is 3.24. The van der Waals surface area contributed by atoms with Gasteiger partial charge in [0.1, 0.15) is 5.75 Å². The number of nitrogens with one attached hydrogen (secondary N) is 1. The van der Waals surface area contributed by atoms with Crippen molar-refractivity contribution in [1.29, 1.82) is 0 Å². The van der Waals surface area contributed by atoms with E-state index in [2.05, 4.69) is 25.2 Å². The summed E-state index contributed by atoms with van der Waals surface area (Å²) in [4.78, 5) is 20.9. The lowest BCUT2D eigenvalue weighted by Gasteiger charge is -2.11. The first-order chi connectivity index (χ1) is 15.4. The highest BCUT2D eigenvalue weighted by molar-refractivity contribution is 6.04. The summed E-state index contributed by atoms with van der Waals surface area (Å²) in [7, 11) is 0. The maximum absolute atomic E-state index is 12.6. The number of nitrogens with zero attached hydrogens (tertiary/aromatic N) is 3. The SMILES string of the molecule is O=C(Nc1ccccc1Cc1nc(-c2ccncc2)no1)c1ccc(OC(F)(F)F)cc1. The minimum absolute atomic E-state index is 0.173. The van der Waals surface area contributed by atoms with Crippen LogP contribution in [-0.2, 0) is 6.42 Å². The van der Waals surface area contributed by atoms with Crippen LogP contribution in [0.15, 0.2) is 77.6 Å². The largest absolute Gasteiger partial charge is 0.573 e. The van der Waals surface area contributed by atoms with Gasteiger partial charge in [0, 0.05) is 29.2 Å². The van der Waals surface area contributed by atoms with E-state index in [1.54, 1.807) is 48.8 Å². The minimum Gasteiger partial charge on any atom is -0.406 e. The molecule has 0 atom stereocenters. The Morgan fingerprint density at radius 3 is 2.44 bits per heavy atom. The number of amides is 1. The number of ether oxygens (including phenoxy) is 1. The second-order valence-corrected chi connectivity index (χ2v) is 6.61. The lowest BCUT2D eigenvalue weighted by molar-refractivity contribution is -0.274. The molecule has 0 radical (unpaired) electrons. The van der Waals surface area contributed by atoms with Gasteiger partial charge in [0.2, 0.25) is 11.7 Å². The van der Waals surface area contributed by atoms with E-state index in [1.165, 1.54) is 12.1 Å². The zero-order valence-corrected chi connectivity index (χ0v) is 16.3. The van der Waals surface area contributed by atoms with Crippen molar-refractivity contribution in [3.8, 4) is 17.1 Å². The van der Waals surface area contributed by atoms with Crippen LogP contribution in [0.1, 0.15) is 21.8 Å². The number of alkyl halides is 3. The van der Waals surface area contributed by atoms with Gasteiger partial charge in [-0.1, -0.05) is 23.4 Å². The molecule has 10 heteroatoms. The molecule has 32 heavy (non-hydrogen) atoms. The van der Waals surface area contributed by atoms with Crippen molar-refractivity contribution in [3.63, 3.8) is 0 Å². The predicted molar refractivity (Wildman–Crippen MR) is 108 cm³/mol. The third-order valence-corrected chi connectivity index (χ3v) is 4.36. The molecule has 1 amide bonds. The lowest BCUT2D eigenvalue weighted by atomic mass is 10.1. The van der Waals surface area contributed by atoms with Gasteiger partial charge in [-0.15, -0.1) is 13.2 Å². The molecule has 2 heterocycles. The van der Waals surface area contributed by atoms with E-state index in [4.69, 9.17) is 4.52 Å². The van der Waals surface area contributed by atoms with Crippen molar-refractivity contribution in [2.45, 2.75) is 12.8 Å². The summed E-state index contributed by atoms with van der Waals surface area (Å²) in [5.74, 6) is -0.118. The Morgan fingerprint density at radius 2 is 1.72 bits per heavy atom. The smallest absolute Gasteiger partial charge is 0.406 e. The van der Waals surface area contributed by atoms with Crippen LogP contribution in [0.25, 0.3) is 11.4 Å².